The van der Waals surface area contributed by atoms with E-state index in [1.165, 1.54) is 5.56 Å². The first-order valence-electron chi connectivity index (χ1n) is 5.74. The standard InChI is InChI=1S/C12H21NO3S/c1-10(11-3-6-17-9-11)13-7-12(14)8-16-5-4-15-2/h3,6,9-10,12-14H,4-5,7-8H2,1-2H3. The van der Waals surface area contributed by atoms with Crippen molar-refractivity contribution in [2.45, 2.75) is 19.1 Å². The van der Waals surface area contributed by atoms with Crippen molar-refractivity contribution in [1.29, 1.82) is 0 Å². The van der Waals surface area contributed by atoms with E-state index in [0.717, 1.165) is 0 Å². The van der Waals surface area contributed by atoms with Gasteiger partial charge in [-0.3, -0.25) is 0 Å². The van der Waals surface area contributed by atoms with Gasteiger partial charge in [-0.2, -0.15) is 11.3 Å². The summed E-state index contributed by atoms with van der Waals surface area (Å²) in [6, 6.07) is 2.35. The fraction of sp³-hybridized carbons (Fsp3) is 0.667. The van der Waals surface area contributed by atoms with Crippen LogP contribution in [0.1, 0.15) is 18.5 Å². The number of rotatable bonds is 9. The van der Waals surface area contributed by atoms with Gasteiger partial charge in [0.15, 0.2) is 0 Å². The summed E-state index contributed by atoms with van der Waals surface area (Å²) < 4.78 is 10.1. The molecule has 0 aliphatic heterocycles. The molecule has 2 unspecified atom stereocenters. The number of aliphatic hydroxyl groups is 1. The number of hydrogen-bond donors (Lipinski definition) is 2. The fourth-order valence-electron chi connectivity index (χ4n) is 1.37. The third-order valence-electron chi connectivity index (χ3n) is 2.44. The van der Waals surface area contributed by atoms with E-state index in [4.69, 9.17) is 9.47 Å². The Hall–Kier alpha value is -0.460. The van der Waals surface area contributed by atoms with Crippen LogP contribution in [-0.4, -0.2) is 44.7 Å². The normalized spacial score (nSPS) is 14.8. The zero-order valence-corrected chi connectivity index (χ0v) is 11.2. The van der Waals surface area contributed by atoms with Crippen LogP contribution in [0.5, 0.6) is 0 Å². The maximum absolute atomic E-state index is 9.67. The zero-order chi connectivity index (χ0) is 12.5. The van der Waals surface area contributed by atoms with Crippen molar-refractivity contribution in [3.8, 4) is 0 Å². The van der Waals surface area contributed by atoms with E-state index < -0.39 is 6.10 Å². The minimum atomic E-state index is -0.479. The van der Waals surface area contributed by atoms with Gasteiger partial charge in [-0.05, 0) is 29.3 Å². The molecule has 0 fully saturated rings. The first-order valence-corrected chi connectivity index (χ1v) is 6.68. The minimum Gasteiger partial charge on any atom is -0.389 e. The van der Waals surface area contributed by atoms with Crippen LogP contribution in [0.15, 0.2) is 16.8 Å². The van der Waals surface area contributed by atoms with Crippen LogP contribution >= 0.6 is 11.3 Å². The summed E-state index contributed by atoms with van der Waals surface area (Å²) in [5, 5.41) is 17.1. The van der Waals surface area contributed by atoms with Gasteiger partial charge in [-0.15, -0.1) is 0 Å². The van der Waals surface area contributed by atoms with Crippen LogP contribution in [0, 0.1) is 0 Å². The summed E-state index contributed by atoms with van der Waals surface area (Å²) in [4.78, 5) is 0. The van der Waals surface area contributed by atoms with Gasteiger partial charge in [0.05, 0.1) is 25.9 Å². The molecule has 0 amide bonds. The summed E-state index contributed by atoms with van der Waals surface area (Å²) in [6.45, 7) is 4.04. The molecule has 0 aliphatic carbocycles. The Morgan fingerprint density at radius 3 is 2.94 bits per heavy atom. The van der Waals surface area contributed by atoms with Crippen molar-refractivity contribution in [3.63, 3.8) is 0 Å². The highest BCUT2D eigenvalue weighted by molar-refractivity contribution is 7.07. The molecule has 0 aromatic carbocycles. The molecule has 98 valence electrons. The third-order valence-corrected chi connectivity index (χ3v) is 3.15. The Morgan fingerprint density at radius 2 is 2.29 bits per heavy atom. The molecule has 0 aliphatic rings. The van der Waals surface area contributed by atoms with Gasteiger partial charge in [-0.1, -0.05) is 0 Å². The highest BCUT2D eigenvalue weighted by Gasteiger charge is 2.08. The first kappa shape index (κ1) is 14.6. The molecule has 0 bridgehead atoms. The largest absolute Gasteiger partial charge is 0.389 e. The number of thiophene rings is 1. The number of ether oxygens (including phenoxy) is 2. The molecule has 0 radical (unpaired) electrons. The average Bonchev–Trinajstić information content (AvgIpc) is 2.85. The van der Waals surface area contributed by atoms with Gasteiger partial charge in [0.1, 0.15) is 0 Å². The molecule has 1 rings (SSSR count). The number of methoxy groups -OCH3 is 1. The predicted octanol–water partition coefficient (Wildman–Crippen LogP) is 1.42. The van der Waals surface area contributed by atoms with Crippen LogP contribution in [0.25, 0.3) is 0 Å². The minimum absolute atomic E-state index is 0.259. The molecule has 1 heterocycles. The average molecular weight is 259 g/mol. The summed E-state index contributed by atoms with van der Waals surface area (Å²) >= 11 is 1.68. The van der Waals surface area contributed by atoms with Crippen LogP contribution in [0.4, 0.5) is 0 Å². The second kappa shape index (κ2) is 8.60. The van der Waals surface area contributed by atoms with E-state index in [0.29, 0.717) is 26.4 Å². The molecule has 1 aromatic heterocycles. The lowest BCUT2D eigenvalue weighted by Crippen LogP contribution is -2.32. The molecule has 5 heteroatoms. The monoisotopic (exact) mass is 259 g/mol. The van der Waals surface area contributed by atoms with Crippen molar-refractivity contribution < 1.29 is 14.6 Å². The zero-order valence-electron chi connectivity index (χ0n) is 10.4. The lowest BCUT2D eigenvalue weighted by molar-refractivity contribution is 0.0130. The second-order valence-electron chi connectivity index (χ2n) is 3.91. The predicted molar refractivity (Wildman–Crippen MR) is 69.4 cm³/mol. The summed E-state index contributed by atoms with van der Waals surface area (Å²) in [5.74, 6) is 0. The van der Waals surface area contributed by atoms with Crippen molar-refractivity contribution in [3.05, 3.63) is 22.4 Å². The van der Waals surface area contributed by atoms with Crippen molar-refractivity contribution in [2.75, 3.05) is 33.5 Å². The van der Waals surface area contributed by atoms with E-state index in [-0.39, 0.29) is 6.04 Å². The molecular formula is C12H21NO3S. The molecular weight excluding hydrogens is 238 g/mol. The number of aliphatic hydroxyl groups excluding tert-OH is 1. The summed E-state index contributed by atoms with van der Waals surface area (Å²) in [7, 11) is 1.63. The van der Waals surface area contributed by atoms with Crippen molar-refractivity contribution in [1.82, 2.24) is 5.32 Å². The summed E-state index contributed by atoms with van der Waals surface area (Å²) in [5.41, 5.74) is 1.25. The number of nitrogens with one attached hydrogen (secondary N) is 1. The smallest absolute Gasteiger partial charge is 0.0897 e. The van der Waals surface area contributed by atoms with Gasteiger partial charge in [0, 0.05) is 19.7 Å². The van der Waals surface area contributed by atoms with Gasteiger partial charge >= 0.3 is 0 Å². The van der Waals surface area contributed by atoms with E-state index in [1.54, 1.807) is 18.4 Å². The molecule has 17 heavy (non-hydrogen) atoms. The van der Waals surface area contributed by atoms with E-state index in [9.17, 15) is 5.11 Å². The third kappa shape index (κ3) is 6.14. The quantitative estimate of drug-likeness (QED) is 0.659. The van der Waals surface area contributed by atoms with Crippen LogP contribution in [-0.2, 0) is 9.47 Å². The van der Waals surface area contributed by atoms with E-state index in [1.807, 2.05) is 0 Å². The van der Waals surface area contributed by atoms with Crippen LogP contribution < -0.4 is 5.32 Å². The Bertz CT molecular complexity index is 279. The molecule has 2 N–H and O–H groups in total. The van der Waals surface area contributed by atoms with Gasteiger partial charge in [0.2, 0.25) is 0 Å². The van der Waals surface area contributed by atoms with Crippen LogP contribution in [0.3, 0.4) is 0 Å². The molecule has 1 aromatic rings. The second-order valence-corrected chi connectivity index (χ2v) is 4.69. The lowest BCUT2D eigenvalue weighted by Gasteiger charge is -2.16. The SMILES string of the molecule is COCCOCC(O)CNC(C)c1ccsc1. The van der Waals surface area contributed by atoms with Gasteiger partial charge in [-0.25, -0.2) is 0 Å². The molecule has 0 spiro atoms. The Morgan fingerprint density at radius 1 is 1.47 bits per heavy atom. The summed E-state index contributed by atoms with van der Waals surface area (Å²) in [6.07, 6.45) is -0.479. The first-order chi connectivity index (χ1) is 8.24. The van der Waals surface area contributed by atoms with Gasteiger partial charge in [0.25, 0.3) is 0 Å². The number of hydrogen-bond acceptors (Lipinski definition) is 5. The Balaban J connectivity index is 2.09. The van der Waals surface area contributed by atoms with Crippen molar-refractivity contribution >= 4 is 11.3 Å². The van der Waals surface area contributed by atoms with Crippen molar-refractivity contribution in [2.24, 2.45) is 0 Å². The maximum atomic E-state index is 9.67. The van der Waals surface area contributed by atoms with Gasteiger partial charge < -0.3 is 19.9 Å². The van der Waals surface area contributed by atoms with Crippen LogP contribution in [0.2, 0.25) is 0 Å². The fourth-order valence-corrected chi connectivity index (χ4v) is 2.13. The Kier molecular flexibility index (Phi) is 7.39. The molecule has 2 atom stereocenters. The highest BCUT2D eigenvalue weighted by Crippen LogP contribution is 2.15. The molecule has 4 nitrogen and oxygen atoms in total. The van der Waals surface area contributed by atoms with E-state index in [2.05, 4.69) is 29.1 Å². The molecule has 0 saturated heterocycles. The molecule has 0 saturated carbocycles. The topological polar surface area (TPSA) is 50.7 Å². The highest BCUT2D eigenvalue weighted by atomic mass is 32.1. The Labute approximate surface area is 107 Å². The maximum Gasteiger partial charge on any atom is 0.0897 e. The lowest BCUT2D eigenvalue weighted by atomic mass is 10.2. The van der Waals surface area contributed by atoms with E-state index >= 15 is 0 Å².